The van der Waals surface area contributed by atoms with Crippen molar-refractivity contribution in [2.24, 2.45) is 5.73 Å². The van der Waals surface area contributed by atoms with E-state index in [1.54, 1.807) is 12.0 Å². The van der Waals surface area contributed by atoms with Gasteiger partial charge in [-0.05, 0) is 36.1 Å². The smallest absolute Gasteiger partial charge is 0.251 e. The van der Waals surface area contributed by atoms with E-state index in [0.29, 0.717) is 30.1 Å². The summed E-state index contributed by atoms with van der Waals surface area (Å²) < 4.78 is 5.24. The number of ether oxygens (including phenoxy) is 1. The van der Waals surface area contributed by atoms with Gasteiger partial charge in [0.1, 0.15) is 10.8 Å². The maximum atomic E-state index is 12.6. The minimum atomic E-state index is -0.565. The standard InChI is InChI=1S/C20H23N3O4S/c1-11-8-13(4-5-15(11)27-3)9-17(25)22-20-18(19(21)26)14-6-7-23(12(2)24)10-16(14)28-20/h4-5,8H,6-7,9-10H2,1-3H3,(H2,21,26)(H,22,25). The summed E-state index contributed by atoms with van der Waals surface area (Å²) in [6.45, 7) is 4.41. The molecule has 2 heterocycles. The number of aryl methyl sites for hydroxylation is 1. The first-order chi connectivity index (χ1) is 13.3. The first kappa shape index (κ1) is 19.9. The molecule has 7 nitrogen and oxygen atoms in total. The number of hydrogen-bond acceptors (Lipinski definition) is 5. The van der Waals surface area contributed by atoms with E-state index in [1.807, 2.05) is 25.1 Å². The minimum Gasteiger partial charge on any atom is -0.496 e. The summed E-state index contributed by atoms with van der Waals surface area (Å²) in [6.07, 6.45) is 0.725. The minimum absolute atomic E-state index is 0.0138. The molecule has 0 saturated carbocycles. The fourth-order valence-corrected chi connectivity index (χ4v) is 4.71. The number of primary amides is 1. The number of thiophene rings is 1. The largest absolute Gasteiger partial charge is 0.496 e. The van der Waals surface area contributed by atoms with Gasteiger partial charge in [0.2, 0.25) is 11.8 Å². The highest BCUT2D eigenvalue weighted by molar-refractivity contribution is 7.17. The monoisotopic (exact) mass is 401 g/mol. The van der Waals surface area contributed by atoms with E-state index >= 15 is 0 Å². The van der Waals surface area contributed by atoms with Gasteiger partial charge >= 0.3 is 0 Å². The lowest BCUT2D eigenvalue weighted by Gasteiger charge is -2.25. The Morgan fingerprint density at radius 1 is 1.32 bits per heavy atom. The van der Waals surface area contributed by atoms with Crippen LogP contribution in [-0.4, -0.2) is 36.3 Å². The number of rotatable bonds is 5. The summed E-state index contributed by atoms with van der Waals surface area (Å²) in [5.74, 6) is -0.0419. The second-order valence-corrected chi connectivity index (χ2v) is 7.90. The third-order valence-electron chi connectivity index (χ3n) is 4.83. The predicted octanol–water partition coefficient (Wildman–Crippen LogP) is 2.25. The van der Waals surface area contributed by atoms with Crippen LogP contribution in [0, 0.1) is 6.92 Å². The van der Waals surface area contributed by atoms with E-state index in [1.165, 1.54) is 18.3 Å². The molecule has 1 aromatic heterocycles. The van der Waals surface area contributed by atoms with Crippen molar-refractivity contribution in [2.45, 2.75) is 33.2 Å². The molecule has 0 spiro atoms. The number of amides is 3. The molecule has 0 unspecified atom stereocenters. The maximum absolute atomic E-state index is 12.6. The van der Waals surface area contributed by atoms with E-state index < -0.39 is 5.91 Å². The Hall–Kier alpha value is -2.87. The van der Waals surface area contributed by atoms with Crippen LogP contribution in [0.1, 0.15) is 38.8 Å². The van der Waals surface area contributed by atoms with Crippen molar-refractivity contribution in [2.75, 3.05) is 19.0 Å². The molecule has 1 aliphatic heterocycles. The summed E-state index contributed by atoms with van der Waals surface area (Å²) in [6, 6.07) is 5.56. The molecule has 0 fully saturated rings. The normalized spacial score (nSPS) is 13.0. The highest BCUT2D eigenvalue weighted by Gasteiger charge is 2.28. The number of carbonyl (C=O) groups excluding carboxylic acids is 3. The number of anilines is 1. The van der Waals surface area contributed by atoms with Gasteiger partial charge in [-0.1, -0.05) is 12.1 Å². The molecule has 2 aromatic rings. The Kier molecular flexibility index (Phi) is 5.69. The number of nitrogens with zero attached hydrogens (tertiary/aromatic N) is 1. The van der Waals surface area contributed by atoms with Gasteiger partial charge in [0.05, 0.1) is 25.6 Å². The Morgan fingerprint density at radius 3 is 2.68 bits per heavy atom. The maximum Gasteiger partial charge on any atom is 0.251 e. The van der Waals surface area contributed by atoms with Gasteiger partial charge in [-0.3, -0.25) is 14.4 Å². The number of methoxy groups -OCH3 is 1. The van der Waals surface area contributed by atoms with E-state index in [4.69, 9.17) is 10.5 Å². The molecule has 0 atom stereocenters. The summed E-state index contributed by atoms with van der Waals surface area (Å²) in [7, 11) is 1.60. The fourth-order valence-electron chi connectivity index (χ4n) is 3.43. The van der Waals surface area contributed by atoms with Gasteiger partial charge in [0.25, 0.3) is 5.91 Å². The van der Waals surface area contributed by atoms with Crippen LogP contribution in [0.25, 0.3) is 0 Å². The lowest BCUT2D eigenvalue weighted by Crippen LogP contribution is -2.34. The van der Waals surface area contributed by atoms with Crippen molar-refractivity contribution in [3.05, 3.63) is 45.3 Å². The molecule has 0 saturated heterocycles. The molecule has 0 aliphatic carbocycles. The highest BCUT2D eigenvalue weighted by Crippen LogP contribution is 2.37. The molecule has 3 amide bonds. The van der Waals surface area contributed by atoms with Crippen molar-refractivity contribution >= 4 is 34.1 Å². The van der Waals surface area contributed by atoms with Gasteiger partial charge in [-0.25, -0.2) is 0 Å². The number of hydrogen-bond donors (Lipinski definition) is 2. The van der Waals surface area contributed by atoms with Crippen molar-refractivity contribution < 1.29 is 19.1 Å². The fraction of sp³-hybridized carbons (Fsp3) is 0.350. The topological polar surface area (TPSA) is 102 Å². The van der Waals surface area contributed by atoms with E-state index in [-0.39, 0.29) is 18.2 Å². The van der Waals surface area contributed by atoms with Crippen LogP contribution in [0.5, 0.6) is 5.75 Å². The van der Waals surface area contributed by atoms with Crippen LogP contribution in [0.3, 0.4) is 0 Å². The van der Waals surface area contributed by atoms with Crippen molar-refractivity contribution in [3.8, 4) is 5.75 Å². The molecule has 3 rings (SSSR count). The summed E-state index contributed by atoms with van der Waals surface area (Å²) >= 11 is 1.31. The van der Waals surface area contributed by atoms with Crippen LogP contribution in [0.15, 0.2) is 18.2 Å². The van der Waals surface area contributed by atoms with Crippen LogP contribution < -0.4 is 15.8 Å². The van der Waals surface area contributed by atoms with E-state index in [2.05, 4.69) is 5.32 Å². The third-order valence-corrected chi connectivity index (χ3v) is 5.96. The molecule has 0 radical (unpaired) electrons. The van der Waals surface area contributed by atoms with Gasteiger partial charge in [-0.15, -0.1) is 11.3 Å². The average molecular weight is 401 g/mol. The average Bonchev–Trinajstić information content (AvgIpc) is 2.98. The number of carbonyl (C=O) groups is 3. The molecule has 28 heavy (non-hydrogen) atoms. The molecule has 0 bridgehead atoms. The lowest BCUT2D eigenvalue weighted by atomic mass is 10.0. The van der Waals surface area contributed by atoms with E-state index in [0.717, 1.165) is 27.3 Å². The van der Waals surface area contributed by atoms with Crippen LogP contribution in [0.4, 0.5) is 5.00 Å². The second-order valence-electron chi connectivity index (χ2n) is 6.79. The Labute approximate surface area is 167 Å². The summed E-state index contributed by atoms with van der Waals surface area (Å²) in [4.78, 5) is 38.8. The zero-order valence-electron chi connectivity index (χ0n) is 16.1. The lowest BCUT2D eigenvalue weighted by molar-refractivity contribution is -0.129. The Balaban J connectivity index is 1.80. The molecule has 148 valence electrons. The van der Waals surface area contributed by atoms with Crippen molar-refractivity contribution in [3.63, 3.8) is 0 Å². The second kappa shape index (κ2) is 8.02. The van der Waals surface area contributed by atoms with Crippen LogP contribution in [0.2, 0.25) is 0 Å². The molecule has 3 N–H and O–H groups in total. The Bertz CT molecular complexity index is 951. The molecule has 8 heteroatoms. The number of fused-ring (bicyclic) bond motifs is 1. The van der Waals surface area contributed by atoms with Gasteiger partial charge in [-0.2, -0.15) is 0 Å². The van der Waals surface area contributed by atoms with Crippen LogP contribution >= 0.6 is 11.3 Å². The van der Waals surface area contributed by atoms with Crippen molar-refractivity contribution in [1.29, 1.82) is 0 Å². The number of nitrogens with one attached hydrogen (secondary N) is 1. The van der Waals surface area contributed by atoms with Gasteiger partial charge < -0.3 is 20.7 Å². The molecule has 1 aliphatic rings. The summed E-state index contributed by atoms with van der Waals surface area (Å²) in [5, 5.41) is 3.29. The van der Waals surface area contributed by atoms with Crippen LogP contribution in [-0.2, 0) is 29.0 Å². The number of nitrogens with two attached hydrogens (primary N) is 1. The quantitative estimate of drug-likeness (QED) is 0.802. The van der Waals surface area contributed by atoms with Crippen molar-refractivity contribution in [1.82, 2.24) is 4.90 Å². The highest BCUT2D eigenvalue weighted by atomic mass is 32.1. The molecular weight excluding hydrogens is 378 g/mol. The molecule has 1 aromatic carbocycles. The first-order valence-corrected chi connectivity index (χ1v) is 9.75. The SMILES string of the molecule is COc1ccc(CC(=O)Nc2sc3c(c2C(N)=O)CCN(C(C)=O)C3)cc1C. The summed E-state index contributed by atoms with van der Waals surface area (Å²) in [5.41, 5.74) is 8.58. The van der Waals surface area contributed by atoms with E-state index in [9.17, 15) is 14.4 Å². The zero-order chi connectivity index (χ0) is 20.4. The first-order valence-electron chi connectivity index (χ1n) is 8.93. The third kappa shape index (κ3) is 4.01. The van der Waals surface area contributed by atoms with Gasteiger partial charge in [0.15, 0.2) is 0 Å². The number of benzene rings is 1. The predicted molar refractivity (Wildman–Crippen MR) is 108 cm³/mol. The zero-order valence-corrected chi connectivity index (χ0v) is 16.9. The molecular formula is C20H23N3O4S. The Morgan fingerprint density at radius 2 is 2.07 bits per heavy atom. The van der Waals surface area contributed by atoms with Gasteiger partial charge in [0, 0.05) is 18.3 Å².